The Morgan fingerprint density at radius 2 is 1.18 bits per heavy atom. The van der Waals surface area contributed by atoms with E-state index in [1.54, 1.807) is 0 Å². The third kappa shape index (κ3) is 6.15. The molecule has 0 bridgehead atoms. The molecule has 2 aliphatic carbocycles. The molecule has 2 saturated carbocycles. The van der Waals surface area contributed by atoms with Crippen LogP contribution in [0.5, 0.6) is 5.75 Å². The first-order chi connectivity index (χ1) is 18.6. The van der Waals surface area contributed by atoms with Crippen molar-refractivity contribution in [3.63, 3.8) is 0 Å². The van der Waals surface area contributed by atoms with Gasteiger partial charge in [0.2, 0.25) is 0 Å². The van der Waals surface area contributed by atoms with Gasteiger partial charge < -0.3 is 4.74 Å². The van der Waals surface area contributed by atoms with E-state index in [2.05, 4.69) is 31.2 Å². The van der Waals surface area contributed by atoms with Crippen molar-refractivity contribution in [2.24, 2.45) is 11.8 Å². The van der Waals surface area contributed by atoms with Gasteiger partial charge in [0.1, 0.15) is 23.2 Å². The Kier molecular flexibility index (Phi) is 8.02. The van der Waals surface area contributed by atoms with Gasteiger partial charge in [-0.2, -0.15) is 8.78 Å². The molecular weight excluding hydrogens is 507 g/mol. The third-order valence-electron chi connectivity index (χ3n) is 8.83. The Morgan fingerprint density at radius 1 is 0.667 bits per heavy atom. The monoisotopic (exact) mass is 542 g/mol. The first kappa shape index (κ1) is 27.7. The van der Waals surface area contributed by atoms with Crippen molar-refractivity contribution in [2.45, 2.75) is 83.2 Å². The van der Waals surface area contributed by atoms with Crippen LogP contribution in [-0.4, -0.2) is 6.11 Å². The highest BCUT2D eigenvalue weighted by Gasteiger charge is 2.44. The van der Waals surface area contributed by atoms with E-state index in [1.165, 1.54) is 55.9 Å². The van der Waals surface area contributed by atoms with E-state index in [-0.39, 0.29) is 24.3 Å². The summed E-state index contributed by atoms with van der Waals surface area (Å²) in [6, 6.07) is 14.0. The summed E-state index contributed by atoms with van der Waals surface area (Å²) < 4.78 is 78.5. The molecular formula is C33H35F5O. The van der Waals surface area contributed by atoms with E-state index < -0.39 is 40.8 Å². The largest absolute Gasteiger partial charge is 0.432 e. The van der Waals surface area contributed by atoms with Gasteiger partial charge in [-0.25, -0.2) is 13.2 Å². The van der Waals surface area contributed by atoms with Gasteiger partial charge >= 0.3 is 6.11 Å². The van der Waals surface area contributed by atoms with E-state index in [0.717, 1.165) is 24.1 Å². The third-order valence-corrected chi connectivity index (χ3v) is 8.83. The number of halogens is 5. The average molecular weight is 543 g/mol. The van der Waals surface area contributed by atoms with Crippen molar-refractivity contribution in [3.05, 3.63) is 88.7 Å². The van der Waals surface area contributed by atoms with Crippen LogP contribution in [0, 0.1) is 36.2 Å². The number of alkyl halides is 2. The number of hydrogen-bond acceptors (Lipinski definition) is 1. The molecule has 3 aromatic carbocycles. The van der Waals surface area contributed by atoms with Crippen LogP contribution in [0.2, 0.25) is 0 Å². The quantitative estimate of drug-likeness (QED) is 0.282. The predicted molar refractivity (Wildman–Crippen MR) is 144 cm³/mol. The topological polar surface area (TPSA) is 9.23 Å². The van der Waals surface area contributed by atoms with E-state index in [1.807, 2.05) is 0 Å². The summed E-state index contributed by atoms with van der Waals surface area (Å²) >= 11 is 0. The fourth-order valence-electron chi connectivity index (χ4n) is 6.27. The minimum absolute atomic E-state index is 0.00824. The van der Waals surface area contributed by atoms with Gasteiger partial charge in [0.25, 0.3) is 0 Å². The molecule has 0 N–H and O–H groups in total. The molecule has 0 atom stereocenters. The van der Waals surface area contributed by atoms with Crippen molar-refractivity contribution in [3.8, 4) is 16.9 Å². The summed E-state index contributed by atoms with van der Waals surface area (Å²) in [5.41, 5.74) is 2.40. The Balaban J connectivity index is 1.21. The molecule has 2 fully saturated rings. The molecule has 0 unspecified atom stereocenters. The lowest BCUT2D eigenvalue weighted by Gasteiger charge is -2.33. The van der Waals surface area contributed by atoms with Gasteiger partial charge in [-0.15, -0.1) is 0 Å². The second-order valence-electron chi connectivity index (χ2n) is 11.6. The molecule has 1 nitrogen and oxygen atoms in total. The van der Waals surface area contributed by atoms with Crippen LogP contribution in [0.25, 0.3) is 11.1 Å². The summed E-state index contributed by atoms with van der Waals surface area (Å²) in [6.45, 7) is 3.85. The Labute approximate surface area is 227 Å². The fraction of sp³-hybridized carbons (Fsp3) is 0.455. The molecule has 0 amide bonds. The number of ether oxygens (including phenoxy) is 1. The Morgan fingerprint density at radius 3 is 1.69 bits per heavy atom. The summed E-state index contributed by atoms with van der Waals surface area (Å²) in [7, 11) is 0. The van der Waals surface area contributed by atoms with E-state index in [4.69, 9.17) is 4.74 Å². The van der Waals surface area contributed by atoms with Crippen LogP contribution >= 0.6 is 0 Å². The highest BCUT2D eigenvalue weighted by molar-refractivity contribution is 5.66. The lowest BCUT2D eigenvalue weighted by molar-refractivity contribution is -0.222. The fourth-order valence-corrected chi connectivity index (χ4v) is 6.27. The molecule has 5 rings (SSSR count). The maximum Gasteiger partial charge on any atom is 0.400 e. The summed E-state index contributed by atoms with van der Waals surface area (Å²) in [5, 5.41) is 0. The summed E-state index contributed by atoms with van der Waals surface area (Å²) in [4.78, 5) is 0. The molecule has 2 aliphatic rings. The lowest BCUT2D eigenvalue weighted by Crippen LogP contribution is -2.37. The normalized spacial score (nSPS) is 24.0. The van der Waals surface area contributed by atoms with Crippen molar-refractivity contribution in [1.82, 2.24) is 0 Å². The predicted octanol–water partition coefficient (Wildman–Crippen LogP) is 10.3. The minimum Gasteiger partial charge on any atom is -0.432 e. The van der Waals surface area contributed by atoms with E-state index >= 15 is 8.78 Å². The zero-order chi connectivity index (χ0) is 27.7. The van der Waals surface area contributed by atoms with Crippen LogP contribution in [0.4, 0.5) is 22.0 Å². The molecule has 6 heteroatoms. The molecule has 0 saturated heterocycles. The molecule has 39 heavy (non-hydrogen) atoms. The van der Waals surface area contributed by atoms with E-state index in [9.17, 15) is 13.2 Å². The SMILES string of the molecule is Cc1ccc(-c2c(F)cc(OC(F)(F)C3CCC(c4ccc(C5CCC(C)CC5)cc4)CC3)cc2F)cc1F. The van der Waals surface area contributed by atoms with Crippen molar-refractivity contribution < 1.29 is 26.7 Å². The van der Waals surface area contributed by atoms with Crippen molar-refractivity contribution >= 4 is 0 Å². The Hall–Kier alpha value is -2.89. The van der Waals surface area contributed by atoms with Gasteiger partial charge in [-0.3, -0.25) is 0 Å². The molecule has 3 aromatic rings. The van der Waals surface area contributed by atoms with Crippen molar-refractivity contribution in [1.29, 1.82) is 0 Å². The van der Waals surface area contributed by atoms with Crippen LogP contribution in [-0.2, 0) is 0 Å². The highest BCUT2D eigenvalue weighted by atomic mass is 19.3. The van der Waals surface area contributed by atoms with Gasteiger partial charge in [0.15, 0.2) is 0 Å². The van der Waals surface area contributed by atoms with Crippen LogP contribution < -0.4 is 4.74 Å². The van der Waals surface area contributed by atoms with Crippen LogP contribution in [0.15, 0.2) is 54.6 Å². The number of hydrogen-bond donors (Lipinski definition) is 0. The van der Waals surface area contributed by atoms with E-state index in [0.29, 0.717) is 24.3 Å². The minimum atomic E-state index is -3.57. The van der Waals surface area contributed by atoms with Gasteiger partial charge in [-0.1, -0.05) is 56.2 Å². The second-order valence-corrected chi connectivity index (χ2v) is 11.6. The zero-order valence-corrected chi connectivity index (χ0v) is 22.5. The molecule has 0 aliphatic heterocycles. The number of aryl methyl sites for hydroxylation is 1. The molecule has 208 valence electrons. The molecule has 0 spiro atoms. The zero-order valence-electron chi connectivity index (χ0n) is 22.5. The molecule has 0 radical (unpaired) electrons. The smallest absolute Gasteiger partial charge is 0.400 e. The van der Waals surface area contributed by atoms with Gasteiger partial charge in [-0.05, 0) is 91.5 Å². The van der Waals surface area contributed by atoms with Gasteiger partial charge in [0, 0.05) is 12.1 Å². The van der Waals surface area contributed by atoms with Crippen molar-refractivity contribution in [2.75, 3.05) is 0 Å². The number of rotatable bonds is 6. The van der Waals surface area contributed by atoms with Gasteiger partial charge in [0.05, 0.1) is 11.5 Å². The summed E-state index contributed by atoms with van der Waals surface area (Å²) in [6.07, 6.45) is 3.13. The first-order valence-electron chi connectivity index (χ1n) is 14.0. The number of benzene rings is 3. The molecule has 0 aromatic heterocycles. The van der Waals surface area contributed by atoms with Crippen LogP contribution in [0.3, 0.4) is 0 Å². The second kappa shape index (κ2) is 11.3. The molecule has 0 heterocycles. The highest BCUT2D eigenvalue weighted by Crippen LogP contribution is 2.44. The summed E-state index contributed by atoms with van der Waals surface area (Å²) in [5.74, 6) is -2.78. The lowest BCUT2D eigenvalue weighted by atomic mass is 9.76. The Bertz CT molecular complexity index is 1260. The maximum absolute atomic E-state index is 15.1. The standard InChI is InChI=1S/C33H35F5O/c1-20-3-6-22(7-4-20)23-9-11-24(12-10-23)25-13-15-27(16-14-25)33(37,38)39-28-18-30(35)32(31(36)19-28)26-8-5-21(2)29(34)17-26/h5,8-12,17-20,22,25,27H,3-4,6-7,13-16H2,1-2H3. The maximum atomic E-state index is 15.1. The van der Waals surface area contributed by atoms with Crippen LogP contribution in [0.1, 0.15) is 86.8 Å². The first-order valence-corrected chi connectivity index (χ1v) is 14.0. The average Bonchev–Trinajstić information content (AvgIpc) is 2.91.